The topological polar surface area (TPSA) is 44.2 Å². The summed E-state index contributed by atoms with van der Waals surface area (Å²) in [6.07, 6.45) is 0. The molecule has 4 aromatic rings. The number of ether oxygens (including phenoxy) is 2. The molecule has 3 aromatic carbocycles. The van der Waals surface area contributed by atoms with Gasteiger partial charge in [0.05, 0.1) is 19.9 Å². The van der Waals surface area contributed by atoms with Crippen molar-refractivity contribution < 1.29 is 13.9 Å². The lowest BCUT2D eigenvalue weighted by atomic mass is 9.98. The Morgan fingerprint density at radius 2 is 1.14 bits per heavy atom. The first kappa shape index (κ1) is 18.6. The van der Waals surface area contributed by atoms with E-state index in [0.717, 1.165) is 45.1 Å². The maximum absolute atomic E-state index is 13.5. The molecule has 144 valence electrons. The molecule has 0 atom stereocenters. The first-order chi connectivity index (χ1) is 14.2. The Morgan fingerprint density at radius 3 is 1.69 bits per heavy atom. The van der Waals surface area contributed by atoms with Gasteiger partial charge >= 0.3 is 0 Å². The molecule has 0 aliphatic carbocycles. The molecule has 0 N–H and O–H groups in total. The van der Waals surface area contributed by atoms with Gasteiger partial charge in [-0.1, -0.05) is 12.1 Å². The van der Waals surface area contributed by atoms with Crippen molar-refractivity contribution in [2.45, 2.75) is 0 Å². The van der Waals surface area contributed by atoms with Crippen molar-refractivity contribution in [1.29, 1.82) is 0 Å². The first-order valence-electron chi connectivity index (χ1n) is 9.10. The van der Waals surface area contributed by atoms with Crippen LogP contribution in [-0.2, 0) is 0 Å². The van der Waals surface area contributed by atoms with Crippen molar-refractivity contribution in [1.82, 2.24) is 10.2 Å². The summed E-state index contributed by atoms with van der Waals surface area (Å²) in [6.45, 7) is 0. The molecule has 29 heavy (non-hydrogen) atoms. The Hall–Kier alpha value is -3.73. The summed E-state index contributed by atoms with van der Waals surface area (Å²) < 4.78 is 23.9. The number of methoxy groups -OCH3 is 2. The van der Waals surface area contributed by atoms with Crippen LogP contribution in [0.3, 0.4) is 0 Å². The van der Waals surface area contributed by atoms with Crippen LogP contribution in [0.5, 0.6) is 11.5 Å². The molecule has 0 saturated heterocycles. The molecule has 4 nitrogen and oxygen atoms in total. The second-order valence-electron chi connectivity index (χ2n) is 6.46. The molecule has 0 aliphatic rings. The lowest BCUT2D eigenvalue weighted by Crippen LogP contribution is -1.96. The second kappa shape index (κ2) is 8.10. The summed E-state index contributed by atoms with van der Waals surface area (Å²) in [5, 5.41) is 8.94. The van der Waals surface area contributed by atoms with E-state index in [4.69, 9.17) is 9.47 Å². The van der Waals surface area contributed by atoms with Gasteiger partial charge in [-0.2, -0.15) is 0 Å². The molecule has 0 bridgehead atoms. The van der Waals surface area contributed by atoms with Gasteiger partial charge < -0.3 is 9.47 Å². The molecule has 0 radical (unpaired) electrons. The SMILES string of the molecule is COc1ccc(-c2cc(-c3ccc(F)cc3)c(-c3ccc(OC)cc3)nn2)cc1. The number of halogens is 1. The molecule has 1 heterocycles. The summed E-state index contributed by atoms with van der Waals surface area (Å²) in [7, 11) is 3.26. The van der Waals surface area contributed by atoms with Crippen molar-refractivity contribution in [2.24, 2.45) is 0 Å². The van der Waals surface area contributed by atoms with E-state index in [1.165, 1.54) is 12.1 Å². The van der Waals surface area contributed by atoms with Gasteiger partial charge in [-0.15, -0.1) is 10.2 Å². The minimum Gasteiger partial charge on any atom is -0.497 e. The highest BCUT2D eigenvalue weighted by atomic mass is 19.1. The van der Waals surface area contributed by atoms with Crippen molar-refractivity contribution in [3.05, 3.63) is 84.7 Å². The largest absolute Gasteiger partial charge is 0.497 e. The molecule has 4 rings (SSSR count). The fourth-order valence-electron chi connectivity index (χ4n) is 3.11. The minimum atomic E-state index is -0.280. The molecular formula is C24H19FN2O2. The van der Waals surface area contributed by atoms with Crippen molar-refractivity contribution in [2.75, 3.05) is 14.2 Å². The number of hydrogen-bond acceptors (Lipinski definition) is 4. The van der Waals surface area contributed by atoms with E-state index in [9.17, 15) is 4.39 Å². The maximum atomic E-state index is 13.5. The summed E-state index contributed by atoms with van der Waals surface area (Å²) in [5.41, 5.74) is 5.00. The van der Waals surface area contributed by atoms with Crippen molar-refractivity contribution in [3.63, 3.8) is 0 Å². The summed E-state index contributed by atoms with van der Waals surface area (Å²) in [5.74, 6) is 1.26. The van der Waals surface area contributed by atoms with E-state index < -0.39 is 0 Å². The van der Waals surface area contributed by atoms with Crippen LogP contribution in [0.4, 0.5) is 4.39 Å². The van der Waals surface area contributed by atoms with E-state index in [2.05, 4.69) is 10.2 Å². The highest BCUT2D eigenvalue weighted by Gasteiger charge is 2.13. The number of nitrogens with zero attached hydrogens (tertiary/aromatic N) is 2. The fraction of sp³-hybridized carbons (Fsp3) is 0.0833. The third-order valence-electron chi connectivity index (χ3n) is 4.70. The van der Waals surface area contributed by atoms with Gasteiger partial charge in [0.1, 0.15) is 23.0 Å². The molecule has 0 aliphatic heterocycles. The van der Waals surface area contributed by atoms with E-state index in [-0.39, 0.29) is 5.82 Å². The summed E-state index contributed by atoms with van der Waals surface area (Å²) in [4.78, 5) is 0. The van der Waals surface area contributed by atoms with Crippen molar-refractivity contribution >= 4 is 0 Å². The van der Waals surface area contributed by atoms with Crippen LogP contribution in [0.2, 0.25) is 0 Å². The molecule has 0 spiro atoms. The average Bonchev–Trinajstić information content (AvgIpc) is 2.79. The highest BCUT2D eigenvalue weighted by Crippen LogP contribution is 2.34. The van der Waals surface area contributed by atoms with Crippen LogP contribution in [0.1, 0.15) is 0 Å². The Kier molecular flexibility index (Phi) is 5.20. The van der Waals surface area contributed by atoms with E-state index >= 15 is 0 Å². The van der Waals surface area contributed by atoms with Crippen LogP contribution in [-0.4, -0.2) is 24.4 Å². The standard InChI is InChI=1S/C24H19FN2O2/c1-28-20-11-5-17(6-12-20)23-15-22(16-3-9-19(25)10-4-16)24(27-26-23)18-7-13-21(29-2)14-8-18/h3-15H,1-2H3. The Balaban J connectivity index is 1.84. The average molecular weight is 386 g/mol. The van der Waals surface area contributed by atoms with Gasteiger partial charge in [-0.05, 0) is 72.3 Å². The molecule has 0 amide bonds. The van der Waals surface area contributed by atoms with Crippen LogP contribution in [0.15, 0.2) is 78.9 Å². The van der Waals surface area contributed by atoms with Gasteiger partial charge in [0.25, 0.3) is 0 Å². The number of benzene rings is 3. The van der Waals surface area contributed by atoms with Crippen LogP contribution in [0.25, 0.3) is 33.6 Å². The van der Waals surface area contributed by atoms with Crippen LogP contribution in [0, 0.1) is 5.82 Å². The molecular weight excluding hydrogens is 367 g/mol. The summed E-state index contributed by atoms with van der Waals surface area (Å²) >= 11 is 0. The van der Waals surface area contributed by atoms with Gasteiger partial charge in [0.2, 0.25) is 0 Å². The molecule has 5 heteroatoms. The van der Waals surface area contributed by atoms with Crippen LogP contribution >= 0.6 is 0 Å². The number of aromatic nitrogens is 2. The first-order valence-corrected chi connectivity index (χ1v) is 9.10. The zero-order chi connectivity index (χ0) is 20.2. The van der Waals surface area contributed by atoms with Crippen molar-refractivity contribution in [3.8, 4) is 45.1 Å². The monoisotopic (exact) mass is 386 g/mol. The molecule has 0 saturated carbocycles. The third kappa shape index (κ3) is 3.94. The minimum absolute atomic E-state index is 0.280. The Bertz CT molecular complexity index is 1110. The normalized spacial score (nSPS) is 10.6. The van der Waals surface area contributed by atoms with E-state index in [0.29, 0.717) is 0 Å². The lowest BCUT2D eigenvalue weighted by molar-refractivity contribution is 0.414. The Labute approximate surface area is 168 Å². The summed E-state index contributed by atoms with van der Waals surface area (Å²) in [6, 6.07) is 23.6. The predicted octanol–water partition coefficient (Wildman–Crippen LogP) is 5.63. The lowest BCUT2D eigenvalue weighted by Gasteiger charge is -2.12. The quantitative estimate of drug-likeness (QED) is 0.446. The molecule has 0 unspecified atom stereocenters. The van der Waals surface area contributed by atoms with Crippen LogP contribution < -0.4 is 9.47 Å². The van der Waals surface area contributed by atoms with Gasteiger partial charge in [0, 0.05) is 16.7 Å². The zero-order valence-electron chi connectivity index (χ0n) is 16.1. The number of rotatable bonds is 5. The Morgan fingerprint density at radius 1 is 0.621 bits per heavy atom. The molecule has 1 aromatic heterocycles. The zero-order valence-corrected chi connectivity index (χ0v) is 16.1. The van der Waals surface area contributed by atoms with Gasteiger partial charge in [-0.25, -0.2) is 4.39 Å². The smallest absolute Gasteiger partial charge is 0.123 e. The van der Waals surface area contributed by atoms with E-state index in [1.807, 2.05) is 54.6 Å². The number of hydrogen-bond donors (Lipinski definition) is 0. The third-order valence-corrected chi connectivity index (χ3v) is 4.70. The maximum Gasteiger partial charge on any atom is 0.123 e. The van der Waals surface area contributed by atoms with Gasteiger partial charge in [0.15, 0.2) is 0 Å². The van der Waals surface area contributed by atoms with E-state index in [1.54, 1.807) is 26.4 Å². The second-order valence-corrected chi connectivity index (χ2v) is 6.46. The predicted molar refractivity (Wildman–Crippen MR) is 111 cm³/mol. The highest BCUT2D eigenvalue weighted by molar-refractivity contribution is 5.83. The van der Waals surface area contributed by atoms with Gasteiger partial charge in [-0.3, -0.25) is 0 Å². The fourth-order valence-corrected chi connectivity index (χ4v) is 3.11. The molecule has 0 fully saturated rings.